The Morgan fingerprint density at radius 1 is 1.24 bits per heavy atom. The van der Waals surface area contributed by atoms with Gasteiger partial charge in [-0.3, -0.25) is 9.59 Å². The molecule has 21 heavy (non-hydrogen) atoms. The Hall–Kier alpha value is -1.14. The minimum atomic E-state index is -0.414. The third kappa shape index (κ3) is 4.17. The number of ether oxygens (including phenoxy) is 1. The Balaban J connectivity index is 1.83. The van der Waals surface area contributed by atoms with Crippen LogP contribution in [0.3, 0.4) is 0 Å². The Morgan fingerprint density at radius 2 is 1.95 bits per heavy atom. The van der Waals surface area contributed by atoms with Gasteiger partial charge in [0.15, 0.2) is 0 Å². The number of rotatable bonds is 5. The minimum Gasteiger partial charge on any atom is -0.394 e. The number of aliphatic hydroxyl groups excluding tert-OH is 1. The molecule has 1 aliphatic heterocycles. The van der Waals surface area contributed by atoms with Gasteiger partial charge in [0.05, 0.1) is 25.2 Å². The molecule has 6 heteroatoms. The number of nitrogens with zero attached hydrogens (tertiary/aromatic N) is 1. The molecule has 2 rings (SSSR count). The van der Waals surface area contributed by atoms with Crippen molar-refractivity contribution in [1.29, 1.82) is 0 Å². The van der Waals surface area contributed by atoms with Gasteiger partial charge in [0.25, 0.3) is 0 Å². The van der Waals surface area contributed by atoms with Crippen LogP contribution in [0.25, 0.3) is 0 Å². The van der Waals surface area contributed by atoms with Crippen LogP contribution in [0, 0.1) is 5.92 Å². The molecule has 6 nitrogen and oxygen atoms in total. The van der Waals surface area contributed by atoms with Crippen molar-refractivity contribution >= 4 is 11.8 Å². The van der Waals surface area contributed by atoms with Gasteiger partial charge in [-0.15, -0.1) is 0 Å². The predicted octanol–water partition coefficient (Wildman–Crippen LogP) is 0.290. The monoisotopic (exact) mass is 298 g/mol. The van der Waals surface area contributed by atoms with Gasteiger partial charge in [-0.1, -0.05) is 6.42 Å². The first-order valence-electron chi connectivity index (χ1n) is 7.78. The average Bonchev–Trinajstić information content (AvgIpc) is 2.38. The smallest absolute Gasteiger partial charge is 0.224 e. The highest BCUT2D eigenvalue weighted by atomic mass is 16.5. The molecule has 1 heterocycles. The van der Waals surface area contributed by atoms with Crippen molar-refractivity contribution < 1.29 is 19.4 Å². The molecule has 1 saturated heterocycles. The summed E-state index contributed by atoms with van der Waals surface area (Å²) in [6.45, 7) is -0.137. The summed E-state index contributed by atoms with van der Waals surface area (Å²) in [5.41, 5.74) is 0. The number of hydrogen-bond acceptors (Lipinski definition) is 4. The molecule has 0 aromatic carbocycles. The molecule has 2 aliphatic rings. The minimum absolute atomic E-state index is 0.0219. The van der Waals surface area contributed by atoms with Crippen molar-refractivity contribution in [3.8, 4) is 0 Å². The summed E-state index contributed by atoms with van der Waals surface area (Å²) in [6, 6.07) is -0.145. The largest absolute Gasteiger partial charge is 0.394 e. The lowest BCUT2D eigenvalue weighted by atomic mass is 9.84. The van der Waals surface area contributed by atoms with E-state index in [9.17, 15) is 14.7 Å². The molecule has 0 aromatic rings. The zero-order valence-corrected chi connectivity index (χ0v) is 12.9. The van der Waals surface area contributed by atoms with Gasteiger partial charge in [-0.2, -0.15) is 0 Å². The van der Waals surface area contributed by atoms with Gasteiger partial charge >= 0.3 is 0 Å². The first-order chi connectivity index (χ1) is 10.0. The van der Waals surface area contributed by atoms with E-state index in [-0.39, 0.29) is 36.5 Å². The van der Waals surface area contributed by atoms with E-state index < -0.39 is 6.10 Å². The van der Waals surface area contributed by atoms with Crippen LogP contribution in [0.5, 0.6) is 0 Å². The van der Waals surface area contributed by atoms with Gasteiger partial charge in [0.2, 0.25) is 11.8 Å². The van der Waals surface area contributed by atoms with E-state index in [0.29, 0.717) is 6.42 Å². The zero-order chi connectivity index (χ0) is 15.4. The molecule has 1 aliphatic carbocycles. The maximum absolute atomic E-state index is 12.0. The van der Waals surface area contributed by atoms with Gasteiger partial charge in [0.1, 0.15) is 6.10 Å². The highest BCUT2D eigenvalue weighted by Gasteiger charge is 2.35. The highest BCUT2D eigenvalue weighted by molar-refractivity contribution is 5.79. The second kappa shape index (κ2) is 7.22. The Kier molecular flexibility index (Phi) is 5.58. The van der Waals surface area contributed by atoms with E-state index in [0.717, 1.165) is 32.1 Å². The van der Waals surface area contributed by atoms with Gasteiger partial charge in [-0.25, -0.2) is 0 Å². The zero-order valence-electron chi connectivity index (χ0n) is 12.9. The number of amides is 2. The molecule has 0 aromatic heterocycles. The summed E-state index contributed by atoms with van der Waals surface area (Å²) in [5.74, 6) is 0.238. The fourth-order valence-electron chi connectivity index (χ4n) is 2.80. The van der Waals surface area contributed by atoms with E-state index in [2.05, 4.69) is 5.32 Å². The van der Waals surface area contributed by atoms with E-state index in [1.165, 1.54) is 0 Å². The van der Waals surface area contributed by atoms with Crippen LogP contribution in [-0.4, -0.2) is 60.8 Å². The number of aliphatic hydroxyl groups is 1. The number of hydrogen-bond donors (Lipinski definition) is 2. The highest BCUT2D eigenvalue weighted by Crippen LogP contribution is 2.28. The van der Waals surface area contributed by atoms with E-state index in [1.807, 2.05) is 0 Å². The fourth-order valence-corrected chi connectivity index (χ4v) is 2.80. The summed E-state index contributed by atoms with van der Waals surface area (Å²) >= 11 is 0. The molecule has 3 atom stereocenters. The van der Waals surface area contributed by atoms with Crippen molar-refractivity contribution in [1.82, 2.24) is 10.2 Å². The molecular formula is C15H26N2O4. The molecule has 2 fully saturated rings. The third-order valence-electron chi connectivity index (χ3n) is 4.50. The maximum Gasteiger partial charge on any atom is 0.224 e. The summed E-state index contributed by atoms with van der Waals surface area (Å²) in [6.07, 6.45) is 4.26. The fraction of sp³-hybridized carbons (Fsp3) is 0.867. The molecule has 120 valence electrons. The molecular weight excluding hydrogens is 272 g/mol. The van der Waals surface area contributed by atoms with Gasteiger partial charge < -0.3 is 20.1 Å². The molecule has 0 radical (unpaired) electrons. The molecule has 0 unspecified atom stereocenters. The molecule has 0 spiro atoms. The maximum atomic E-state index is 12.0. The lowest BCUT2D eigenvalue weighted by Gasteiger charge is -2.37. The van der Waals surface area contributed by atoms with E-state index in [4.69, 9.17) is 4.74 Å². The molecule has 1 saturated carbocycles. The third-order valence-corrected chi connectivity index (χ3v) is 4.50. The van der Waals surface area contributed by atoms with Crippen LogP contribution < -0.4 is 5.32 Å². The first-order valence-corrected chi connectivity index (χ1v) is 7.78. The predicted molar refractivity (Wildman–Crippen MR) is 77.6 cm³/mol. The number of carbonyl (C=O) groups excluding carboxylic acids is 2. The van der Waals surface area contributed by atoms with Gasteiger partial charge in [-0.05, 0) is 25.7 Å². The van der Waals surface area contributed by atoms with Gasteiger partial charge in [0, 0.05) is 20.0 Å². The van der Waals surface area contributed by atoms with Crippen LogP contribution >= 0.6 is 0 Å². The molecule has 0 bridgehead atoms. The lowest BCUT2D eigenvalue weighted by Crippen LogP contribution is -2.53. The summed E-state index contributed by atoms with van der Waals surface area (Å²) in [7, 11) is 3.44. The van der Waals surface area contributed by atoms with Crippen LogP contribution in [-0.2, 0) is 14.3 Å². The summed E-state index contributed by atoms with van der Waals surface area (Å²) in [4.78, 5) is 25.3. The first kappa shape index (κ1) is 16.2. The second-order valence-corrected chi connectivity index (χ2v) is 6.29. The lowest BCUT2D eigenvalue weighted by molar-refractivity contribution is -0.142. The molecule has 2 N–H and O–H groups in total. The quantitative estimate of drug-likeness (QED) is 0.764. The summed E-state index contributed by atoms with van der Waals surface area (Å²) < 4.78 is 5.79. The van der Waals surface area contributed by atoms with Crippen molar-refractivity contribution in [3.63, 3.8) is 0 Å². The Bertz CT molecular complexity index is 382. The second-order valence-electron chi connectivity index (χ2n) is 6.29. The number of nitrogens with one attached hydrogen (secondary N) is 1. The van der Waals surface area contributed by atoms with Crippen molar-refractivity contribution in [2.75, 3.05) is 20.7 Å². The van der Waals surface area contributed by atoms with Crippen LogP contribution in [0.15, 0.2) is 0 Å². The van der Waals surface area contributed by atoms with E-state index in [1.54, 1.807) is 19.0 Å². The topological polar surface area (TPSA) is 78.9 Å². The molecule has 2 amide bonds. The van der Waals surface area contributed by atoms with E-state index >= 15 is 0 Å². The standard InChI is InChI=1S/C15H26N2O4/c1-17(2)14(19)8-11-6-7-12(13(9-18)21-11)16-15(20)10-4-3-5-10/h10-13,18H,3-9H2,1-2H3,(H,16,20)/t11-,12-,13+/m1/s1. The van der Waals surface area contributed by atoms with Crippen LogP contribution in [0.4, 0.5) is 0 Å². The van der Waals surface area contributed by atoms with Crippen molar-refractivity contribution in [2.24, 2.45) is 5.92 Å². The van der Waals surface area contributed by atoms with Crippen molar-refractivity contribution in [3.05, 3.63) is 0 Å². The Morgan fingerprint density at radius 3 is 2.48 bits per heavy atom. The number of carbonyl (C=O) groups is 2. The summed E-state index contributed by atoms with van der Waals surface area (Å²) in [5, 5.41) is 12.5. The normalized spacial score (nSPS) is 29.6. The Labute approximate surface area is 125 Å². The van der Waals surface area contributed by atoms with Crippen molar-refractivity contribution in [2.45, 2.75) is 56.8 Å². The average molecular weight is 298 g/mol. The SMILES string of the molecule is CN(C)C(=O)C[C@H]1CC[C@@H](NC(=O)C2CCC2)[C@H](CO)O1. The van der Waals surface area contributed by atoms with Crippen LogP contribution in [0.1, 0.15) is 38.5 Å². The van der Waals surface area contributed by atoms with Crippen LogP contribution in [0.2, 0.25) is 0 Å².